The highest BCUT2D eigenvalue weighted by molar-refractivity contribution is 5.75. The summed E-state index contributed by atoms with van der Waals surface area (Å²) >= 11 is 0. The molecular weight excluding hydrogens is 166 g/mol. The maximum atomic E-state index is 10.6. The molecule has 0 radical (unpaired) electrons. The van der Waals surface area contributed by atoms with E-state index < -0.39 is 0 Å². The highest BCUT2D eigenvalue weighted by Crippen LogP contribution is 2.10. The molecule has 0 aromatic rings. The van der Waals surface area contributed by atoms with Crippen molar-refractivity contribution in [2.75, 3.05) is 19.7 Å². The van der Waals surface area contributed by atoms with Gasteiger partial charge in [0, 0.05) is 19.6 Å². The van der Waals surface area contributed by atoms with Gasteiger partial charge in [0.25, 0.3) is 0 Å². The average Bonchev–Trinajstić information content (AvgIpc) is 2.55. The van der Waals surface area contributed by atoms with Crippen LogP contribution in [0.25, 0.3) is 0 Å². The number of carbonyl (C=O) groups is 1. The summed E-state index contributed by atoms with van der Waals surface area (Å²) in [6.45, 7) is 4.43. The average molecular weight is 185 g/mol. The van der Waals surface area contributed by atoms with Gasteiger partial charge < -0.3 is 14.8 Å². The Bertz CT molecular complexity index is 153. The molecule has 0 aliphatic carbocycles. The Balaban J connectivity index is 1.86. The molecule has 0 aromatic carbocycles. The number of rotatable bonds is 6. The first kappa shape index (κ1) is 10.7. The predicted octanol–water partition coefficient (Wildman–Crippen LogP) is 1.12. The zero-order chi connectivity index (χ0) is 9.52. The first-order valence-electron chi connectivity index (χ1n) is 5.11. The topological polar surface area (TPSA) is 38.3 Å². The van der Waals surface area contributed by atoms with Crippen molar-refractivity contribution in [1.29, 1.82) is 0 Å². The zero-order valence-electron chi connectivity index (χ0n) is 8.34. The Morgan fingerprint density at radius 3 is 3.08 bits per heavy atom. The van der Waals surface area contributed by atoms with Gasteiger partial charge in [-0.2, -0.15) is 0 Å². The predicted molar refractivity (Wildman–Crippen MR) is 51.8 cm³/mol. The Morgan fingerprint density at radius 2 is 2.46 bits per heavy atom. The van der Waals surface area contributed by atoms with Gasteiger partial charge in [0.1, 0.15) is 5.78 Å². The minimum absolute atomic E-state index is 0.277. The molecule has 0 spiro atoms. The number of Topliss-reactive ketones (excluding diaryl/α,β-unsaturated/α-hetero) is 1. The molecular formula is C10H19NO2. The highest BCUT2D eigenvalue weighted by atomic mass is 16.5. The second-order valence-corrected chi connectivity index (χ2v) is 3.64. The van der Waals surface area contributed by atoms with Gasteiger partial charge in [-0.25, -0.2) is 0 Å². The molecule has 76 valence electrons. The van der Waals surface area contributed by atoms with E-state index in [1.807, 2.05) is 0 Å². The van der Waals surface area contributed by atoms with Crippen molar-refractivity contribution in [2.24, 2.45) is 0 Å². The molecule has 1 aliphatic rings. The van der Waals surface area contributed by atoms with E-state index in [4.69, 9.17) is 4.74 Å². The first-order valence-corrected chi connectivity index (χ1v) is 5.11. The molecule has 3 nitrogen and oxygen atoms in total. The number of ether oxygens (including phenoxy) is 1. The van der Waals surface area contributed by atoms with E-state index >= 15 is 0 Å². The van der Waals surface area contributed by atoms with Crippen molar-refractivity contribution in [1.82, 2.24) is 5.32 Å². The summed E-state index contributed by atoms with van der Waals surface area (Å²) < 4.78 is 5.45. The maximum absolute atomic E-state index is 10.6. The summed E-state index contributed by atoms with van der Waals surface area (Å²) in [6.07, 6.45) is 4.43. The summed E-state index contributed by atoms with van der Waals surface area (Å²) in [6, 6.07) is 0. The van der Waals surface area contributed by atoms with Crippen LogP contribution in [-0.4, -0.2) is 31.6 Å². The van der Waals surface area contributed by atoms with Crippen LogP contribution >= 0.6 is 0 Å². The lowest BCUT2D eigenvalue weighted by Crippen LogP contribution is -2.27. The molecule has 0 saturated carbocycles. The number of nitrogens with one attached hydrogen (secondary N) is 1. The largest absolute Gasteiger partial charge is 0.377 e. The van der Waals surface area contributed by atoms with E-state index in [1.165, 1.54) is 12.8 Å². The Morgan fingerprint density at radius 1 is 1.62 bits per heavy atom. The quantitative estimate of drug-likeness (QED) is 0.630. The SMILES string of the molecule is CC(=O)CCCNCC1CCCO1. The van der Waals surface area contributed by atoms with Gasteiger partial charge in [-0.15, -0.1) is 0 Å². The minimum atomic E-state index is 0.277. The fraction of sp³-hybridized carbons (Fsp3) is 0.900. The first-order chi connectivity index (χ1) is 6.29. The van der Waals surface area contributed by atoms with Crippen molar-refractivity contribution < 1.29 is 9.53 Å². The number of hydrogen-bond donors (Lipinski definition) is 1. The summed E-state index contributed by atoms with van der Waals surface area (Å²) in [5.74, 6) is 0.277. The Labute approximate surface area is 79.8 Å². The van der Waals surface area contributed by atoms with Crippen LogP contribution in [0.2, 0.25) is 0 Å². The number of hydrogen-bond acceptors (Lipinski definition) is 3. The van der Waals surface area contributed by atoms with Crippen molar-refractivity contribution in [3.8, 4) is 0 Å². The molecule has 1 fully saturated rings. The molecule has 3 heteroatoms. The van der Waals surface area contributed by atoms with E-state index in [-0.39, 0.29) is 5.78 Å². The van der Waals surface area contributed by atoms with Gasteiger partial charge >= 0.3 is 0 Å². The highest BCUT2D eigenvalue weighted by Gasteiger charge is 2.13. The van der Waals surface area contributed by atoms with E-state index in [1.54, 1.807) is 6.92 Å². The van der Waals surface area contributed by atoms with Crippen molar-refractivity contribution in [3.05, 3.63) is 0 Å². The van der Waals surface area contributed by atoms with Gasteiger partial charge in [0.05, 0.1) is 6.10 Å². The third kappa shape index (κ3) is 5.01. The fourth-order valence-corrected chi connectivity index (χ4v) is 1.53. The van der Waals surface area contributed by atoms with Gasteiger partial charge in [0.2, 0.25) is 0 Å². The standard InChI is InChI=1S/C10H19NO2/c1-9(12)4-2-6-11-8-10-5-3-7-13-10/h10-11H,2-8H2,1H3. The van der Waals surface area contributed by atoms with E-state index in [0.29, 0.717) is 12.5 Å². The van der Waals surface area contributed by atoms with E-state index in [9.17, 15) is 4.79 Å². The van der Waals surface area contributed by atoms with Crippen LogP contribution in [0.5, 0.6) is 0 Å². The summed E-state index contributed by atoms with van der Waals surface area (Å²) in [7, 11) is 0. The second kappa shape index (κ2) is 6.11. The smallest absolute Gasteiger partial charge is 0.129 e. The molecule has 1 saturated heterocycles. The van der Waals surface area contributed by atoms with Crippen LogP contribution in [0.15, 0.2) is 0 Å². The second-order valence-electron chi connectivity index (χ2n) is 3.64. The molecule has 1 atom stereocenters. The van der Waals surface area contributed by atoms with Crippen LogP contribution < -0.4 is 5.32 Å². The van der Waals surface area contributed by atoms with Gasteiger partial charge in [0.15, 0.2) is 0 Å². The lowest BCUT2D eigenvalue weighted by Gasteiger charge is -2.09. The fourth-order valence-electron chi connectivity index (χ4n) is 1.53. The Kier molecular flexibility index (Phi) is 5.01. The summed E-state index contributed by atoms with van der Waals surface area (Å²) in [5.41, 5.74) is 0. The minimum Gasteiger partial charge on any atom is -0.377 e. The number of carbonyl (C=O) groups excluding carboxylic acids is 1. The van der Waals surface area contributed by atoms with Crippen LogP contribution in [0.3, 0.4) is 0 Å². The van der Waals surface area contributed by atoms with Crippen LogP contribution in [0.1, 0.15) is 32.6 Å². The van der Waals surface area contributed by atoms with Gasteiger partial charge in [-0.1, -0.05) is 0 Å². The van der Waals surface area contributed by atoms with E-state index in [2.05, 4.69) is 5.32 Å². The van der Waals surface area contributed by atoms with Gasteiger partial charge in [-0.05, 0) is 32.7 Å². The van der Waals surface area contributed by atoms with Crippen molar-refractivity contribution >= 4 is 5.78 Å². The maximum Gasteiger partial charge on any atom is 0.129 e. The van der Waals surface area contributed by atoms with Crippen LogP contribution in [0.4, 0.5) is 0 Å². The normalized spacial score (nSPS) is 22.1. The lowest BCUT2D eigenvalue weighted by atomic mass is 10.2. The molecule has 1 unspecified atom stereocenters. The molecule has 0 amide bonds. The summed E-state index contributed by atoms with van der Waals surface area (Å²) in [4.78, 5) is 10.6. The molecule has 1 N–H and O–H groups in total. The van der Waals surface area contributed by atoms with Crippen molar-refractivity contribution in [3.63, 3.8) is 0 Å². The molecule has 1 rings (SSSR count). The number of ketones is 1. The van der Waals surface area contributed by atoms with Crippen LogP contribution in [-0.2, 0) is 9.53 Å². The third-order valence-electron chi connectivity index (χ3n) is 2.28. The molecule has 0 bridgehead atoms. The van der Waals surface area contributed by atoms with Crippen molar-refractivity contribution in [2.45, 2.75) is 38.7 Å². The molecule has 0 aromatic heterocycles. The Hall–Kier alpha value is -0.410. The van der Waals surface area contributed by atoms with Crippen LogP contribution in [0, 0.1) is 0 Å². The molecule has 1 heterocycles. The monoisotopic (exact) mass is 185 g/mol. The zero-order valence-corrected chi connectivity index (χ0v) is 8.34. The van der Waals surface area contributed by atoms with E-state index in [0.717, 1.165) is 26.1 Å². The van der Waals surface area contributed by atoms with Gasteiger partial charge in [-0.3, -0.25) is 0 Å². The molecule has 13 heavy (non-hydrogen) atoms. The molecule has 1 aliphatic heterocycles. The lowest BCUT2D eigenvalue weighted by molar-refractivity contribution is -0.117. The summed E-state index contributed by atoms with van der Waals surface area (Å²) in [5, 5.41) is 3.31. The third-order valence-corrected chi connectivity index (χ3v) is 2.28.